The largest absolute Gasteiger partial charge is 0.354 e. The molecule has 132 valence electrons. The number of nitrogens with one attached hydrogen (secondary N) is 1. The van der Waals surface area contributed by atoms with Crippen molar-refractivity contribution in [1.29, 1.82) is 0 Å². The monoisotopic (exact) mass is 350 g/mol. The topological polar surface area (TPSA) is 97.1 Å². The molecule has 0 saturated heterocycles. The number of para-hydroxylation sites is 1. The molecule has 2 aromatic heterocycles. The van der Waals surface area contributed by atoms with Crippen LogP contribution in [0.15, 0.2) is 55.0 Å². The Morgan fingerprint density at radius 3 is 2.50 bits per heavy atom. The summed E-state index contributed by atoms with van der Waals surface area (Å²) in [7, 11) is 0. The van der Waals surface area contributed by atoms with Crippen molar-refractivity contribution in [3.05, 3.63) is 70.7 Å². The summed E-state index contributed by atoms with van der Waals surface area (Å²) in [6, 6.07) is 13.0. The number of nitrogens with zero attached hydrogens (tertiary/aromatic N) is 5. The Balaban J connectivity index is 2.06. The van der Waals surface area contributed by atoms with E-state index in [9.17, 15) is 10.1 Å². The van der Waals surface area contributed by atoms with E-state index in [2.05, 4.69) is 20.3 Å². The molecule has 0 aliphatic heterocycles. The number of aryl methyl sites for hydroxylation is 1. The van der Waals surface area contributed by atoms with Crippen LogP contribution in [0.4, 0.5) is 28.8 Å². The molecule has 0 fully saturated rings. The second-order valence-electron chi connectivity index (χ2n) is 5.58. The van der Waals surface area contributed by atoms with Gasteiger partial charge in [0.25, 0.3) is 0 Å². The van der Waals surface area contributed by atoms with E-state index in [1.54, 1.807) is 17.2 Å². The summed E-state index contributed by atoms with van der Waals surface area (Å²) in [6.07, 6.45) is 2.99. The molecule has 0 bridgehead atoms. The molecule has 0 aliphatic rings. The lowest BCUT2D eigenvalue weighted by molar-refractivity contribution is -0.383. The molecule has 2 heterocycles. The van der Waals surface area contributed by atoms with Crippen molar-refractivity contribution in [3.63, 3.8) is 0 Å². The minimum atomic E-state index is -0.475. The molecule has 3 aromatic rings. The molecule has 8 nitrogen and oxygen atoms in total. The van der Waals surface area contributed by atoms with E-state index in [4.69, 9.17) is 0 Å². The summed E-state index contributed by atoms with van der Waals surface area (Å²) in [5.41, 5.74) is 1.62. The van der Waals surface area contributed by atoms with E-state index in [1.165, 1.54) is 6.33 Å². The van der Waals surface area contributed by atoms with Gasteiger partial charge in [0.05, 0.1) is 4.92 Å². The fourth-order valence-electron chi connectivity index (χ4n) is 2.55. The standard InChI is InChI=1S/C18H18N6O2/c1-3-23(14-7-5-4-6-8-14)18-16(24(25)26)17(20-12-21-18)22-15-10-9-13(2)11-19-15/h4-12H,3H2,1-2H3,(H,19,20,21,22). The van der Waals surface area contributed by atoms with Gasteiger partial charge in [0, 0.05) is 18.4 Å². The fraction of sp³-hybridized carbons (Fsp3) is 0.167. The smallest absolute Gasteiger partial charge is 0.321 e. The molecule has 0 spiro atoms. The van der Waals surface area contributed by atoms with Gasteiger partial charge in [-0.1, -0.05) is 24.3 Å². The number of hydrogen-bond donors (Lipinski definition) is 1. The van der Waals surface area contributed by atoms with Gasteiger partial charge in [0.1, 0.15) is 12.1 Å². The molecule has 0 amide bonds. The van der Waals surface area contributed by atoms with Crippen molar-refractivity contribution in [2.45, 2.75) is 13.8 Å². The van der Waals surface area contributed by atoms with Crippen LogP contribution in [0.2, 0.25) is 0 Å². The van der Waals surface area contributed by atoms with Crippen LogP contribution in [-0.4, -0.2) is 26.4 Å². The maximum Gasteiger partial charge on any atom is 0.354 e. The van der Waals surface area contributed by atoms with Crippen LogP contribution in [0.25, 0.3) is 0 Å². The van der Waals surface area contributed by atoms with Crippen molar-refractivity contribution >= 4 is 28.8 Å². The van der Waals surface area contributed by atoms with Crippen molar-refractivity contribution < 1.29 is 4.92 Å². The summed E-state index contributed by atoms with van der Waals surface area (Å²) in [5, 5.41) is 14.7. The molecule has 1 N–H and O–H groups in total. The molecule has 26 heavy (non-hydrogen) atoms. The molecule has 0 radical (unpaired) electrons. The normalized spacial score (nSPS) is 10.4. The summed E-state index contributed by atoms with van der Waals surface area (Å²) >= 11 is 0. The van der Waals surface area contributed by atoms with Crippen molar-refractivity contribution in [3.8, 4) is 0 Å². The van der Waals surface area contributed by atoms with Crippen LogP contribution in [0, 0.1) is 17.0 Å². The van der Waals surface area contributed by atoms with Gasteiger partial charge < -0.3 is 10.2 Å². The van der Waals surface area contributed by atoms with E-state index in [0.717, 1.165) is 11.3 Å². The molecule has 8 heteroatoms. The van der Waals surface area contributed by atoms with Crippen LogP contribution in [0.1, 0.15) is 12.5 Å². The number of anilines is 4. The predicted octanol–water partition coefficient (Wildman–Crippen LogP) is 3.99. The van der Waals surface area contributed by atoms with Crippen LogP contribution in [0.5, 0.6) is 0 Å². The highest BCUT2D eigenvalue weighted by molar-refractivity contribution is 5.77. The van der Waals surface area contributed by atoms with E-state index in [0.29, 0.717) is 12.4 Å². The minimum Gasteiger partial charge on any atom is -0.321 e. The minimum absolute atomic E-state index is 0.103. The van der Waals surface area contributed by atoms with Gasteiger partial charge in [0.2, 0.25) is 11.6 Å². The Morgan fingerprint density at radius 1 is 1.12 bits per heavy atom. The lowest BCUT2D eigenvalue weighted by Crippen LogP contribution is -2.19. The summed E-state index contributed by atoms with van der Waals surface area (Å²) in [5.74, 6) is 0.810. The van der Waals surface area contributed by atoms with Crippen LogP contribution in [0.3, 0.4) is 0 Å². The quantitative estimate of drug-likeness (QED) is 0.530. The Bertz CT molecular complexity index is 899. The molecular formula is C18H18N6O2. The number of nitro groups is 1. The van der Waals surface area contributed by atoms with Gasteiger partial charge in [-0.3, -0.25) is 10.1 Å². The third-order valence-corrected chi connectivity index (χ3v) is 3.78. The Labute approximate surface area is 150 Å². The predicted molar refractivity (Wildman–Crippen MR) is 100 cm³/mol. The highest BCUT2D eigenvalue weighted by Gasteiger charge is 2.27. The zero-order valence-electron chi connectivity index (χ0n) is 14.5. The summed E-state index contributed by atoms with van der Waals surface area (Å²) in [6.45, 7) is 4.35. The number of hydrogen-bond acceptors (Lipinski definition) is 7. The van der Waals surface area contributed by atoms with Gasteiger partial charge in [0.15, 0.2) is 0 Å². The molecule has 0 saturated carbocycles. The van der Waals surface area contributed by atoms with Gasteiger partial charge in [-0.15, -0.1) is 0 Å². The molecular weight excluding hydrogens is 332 g/mol. The Hall–Kier alpha value is -3.55. The zero-order chi connectivity index (χ0) is 18.5. The zero-order valence-corrected chi connectivity index (χ0v) is 14.5. The van der Waals surface area contributed by atoms with Crippen LogP contribution < -0.4 is 10.2 Å². The Morgan fingerprint density at radius 2 is 1.88 bits per heavy atom. The SMILES string of the molecule is CCN(c1ccccc1)c1ncnc(Nc2ccc(C)cn2)c1[N+](=O)[O-]. The maximum absolute atomic E-state index is 11.8. The lowest BCUT2D eigenvalue weighted by atomic mass is 10.2. The maximum atomic E-state index is 11.8. The molecule has 3 rings (SSSR count). The average Bonchev–Trinajstić information content (AvgIpc) is 2.65. The third kappa shape index (κ3) is 3.59. The second kappa shape index (κ2) is 7.56. The molecule has 0 aliphatic carbocycles. The van der Waals surface area contributed by atoms with Gasteiger partial charge >= 0.3 is 5.69 Å². The van der Waals surface area contributed by atoms with Crippen molar-refractivity contribution in [2.75, 3.05) is 16.8 Å². The van der Waals surface area contributed by atoms with Crippen molar-refractivity contribution in [1.82, 2.24) is 15.0 Å². The molecule has 0 atom stereocenters. The summed E-state index contributed by atoms with van der Waals surface area (Å²) in [4.78, 5) is 25.5. The second-order valence-corrected chi connectivity index (χ2v) is 5.58. The fourth-order valence-corrected chi connectivity index (χ4v) is 2.55. The third-order valence-electron chi connectivity index (χ3n) is 3.78. The van der Waals surface area contributed by atoms with Gasteiger partial charge in [-0.05, 0) is 37.6 Å². The average molecular weight is 350 g/mol. The van der Waals surface area contributed by atoms with E-state index >= 15 is 0 Å². The first-order valence-electron chi connectivity index (χ1n) is 8.11. The first-order valence-corrected chi connectivity index (χ1v) is 8.11. The first kappa shape index (κ1) is 17.3. The number of benzene rings is 1. The van der Waals surface area contributed by atoms with Gasteiger partial charge in [-0.2, -0.15) is 0 Å². The van der Waals surface area contributed by atoms with Crippen molar-refractivity contribution in [2.24, 2.45) is 0 Å². The van der Waals surface area contributed by atoms with E-state index in [1.807, 2.05) is 50.2 Å². The van der Waals surface area contributed by atoms with Crippen LogP contribution in [-0.2, 0) is 0 Å². The van der Waals surface area contributed by atoms with Crippen LogP contribution >= 0.6 is 0 Å². The lowest BCUT2D eigenvalue weighted by Gasteiger charge is -2.22. The molecule has 0 unspecified atom stereocenters. The summed E-state index contributed by atoms with van der Waals surface area (Å²) < 4.78 is 0. The molecule has 1 aromatic carbocycles. The Kier molecular flexibility index (Phi) is 5.02. The number of aromatic nitrogens is 3. The van der Waals surface area contributed by atoms with E-state index in [-0.39, 0.29) is 17.3 Å². The number of rotatable bonds is 6. The number of pyridine rings is 1. The van der Waals surface area contributed by atoms with Gasteiger partial charge in [-0.25, -0.2) is 15.0 Å². The first-order chi connectivity index (χ1) is 12.6. The highest BCUT2D eigenvalue weighted by Crippen LogP contribution is 2.36. The highest BCUT2D eigenvalue weighted by atomic mass is 16.6. The van der Waals surface area contributed by atoms with E-state index < -0.39 is 4.92 Å².